The highest BCUT2D eigenvalue weighted by Gasteiger charge is 2.45. The number of carbonyl (C=O) groups is 2. The van der Waals surface area contributed by atoms with E-state index in [1.165, 1.54) is 0 Å². The summed E-state index contributed by atoms with van der Waals surface area (Å²) in [6.07, 6.45) is 2.29. The quantitative estimate of drug-likeness (QED) is 0.784. The third-order valence-electron chi connectivity index (χ3n) is 3.34. The van der Waals surface area contributed by atoms with Crippen molar-refractivity contribution in [3.05, 3.63) is 30.3 Å². The van der Waals surface area contributed by atoms with Crippen LogP contribution in [0.1, 0.15) is 25.7 Å². The summed E-state index contributed by atoms with van der Waals surface area (Å²) in [6, 6.07) is 9.84. The van der Waals surface area contributed by atoms with E-state index in [0.717, 1.165) is 11.3 Å². The number of carboxylic acid groups (broad SMARTS) is 1. The highest BCUT2D eigenvalue weighted by molar-refractivity contribution is 7.99. The highest BCUT2D eigenvalue weighted by Crippen LogP contribution is 2.32. The third kappa shape index (κ3) is 3.50. The van der Waals surface area contributed by atoms with Crippen LogP contribution in [0.4, 0.5) is 0 Å². The van der Waals surface area contributed by atoms with Crippen LogP contribution in [0.2, 0.25) is 0 Å². The molecule has 1 amide bonds. The first kappa shape index (κ1) is 13.9. The lowest BCUT2D eigenvalue weighted by atomic mass is 9.76. The lowest BCUT2D eigenvalue weighted by molar-refractivity contribution is -0.151. The van der Waals surface area contributed by atoms with Gasteiger partial charge in [-0.3, -0.25) is 4.79 Å². The van der Waals surface area contributed by atoms with Gasteiger partial charge in [0, 0.05) is 17.1 Å². The van der Waals surface area contributed by atoms with Gasteiger partial charge in [-0.25, -0.2) is 4.79 Å². The highest BCUT2D eigenvalue weighted by atomic mass is 32.2. The molecule has 19 heavy (non-hydrogen) atoms. The van der Waals surface area contributed by atoms with Gasteiger partial charge in [0.05, 0.1) is 0 Å². The zero-order valence-electron chi connectivity index (χ0n) is 10.6. The molecule has 0 heterocycles. The van der Waals surface area contributed by atoms with Crippen molar-refractivity contribution in [1.29, 1.82) is 0 Å². The Kier molecular flexibility index (Phi) is 4.47. The maximum atomic E-state index is 11.8. The molecule has 102 valence electrons. The summed E-state index contributed by atoms with van der Waals surface area (Å²) < 4.78 is 0. The van der Waals surface area contributed by atoms with Crippen molar-refractivity contribution < 1.29 is 14.7 Å². The molecule has 0 atom stereocenters. The van der Waals surface area contributed by atoms with Crippen molar-refractivity contribution >= 4 is 23.6 Å². The van der Waals surface area contributed by atoms with E-state index in [2.05, 4.69) is 5.32 Å². The molecule has 2 N–H and O–H groups in total. The molecule has 0 aliphatic heterocycles. The van der Waals surface area contributed by atoms with Crippen LogP contribution in [0.3, 0.4) is 0 Å². The molecule has 0 spiro atoms. The first-order valence-electron chi connectivity index (χ1n) is 6.35. The number of rotatable bonds is 6. The molecule has 0 saturated heterocycles. The Morgan fingerprint density at radius 1 is 1.26 bits per heavy atom. The Hall–Kier alpha value is -1.49. The monoisotopic (exact) mass is 279 g/mol. The molecule has 1 aliphatic rings. The van der Waals surface area contributed by atoms with Crippen LogP contribution < -0.4 is 5.32 Å². The second-order valence-electron chi connectivity index (χ2n) is 4.70. The normalized spacial score (nSPS) is 16.4. The molecule has 1 aliphatic carbocycles. The van der Waals surface area contributed by atoms with Gasteiger partial charge in [-0.15, -0.1) is 11.8 Å². The van der Waals surface area contributed by atoms with E-state index in [4.69, 9.17) is 5.11 Å². The Balaban J connectivity index is 1.74. The number of hydrogen-bond donors (Lipinski definition) is 2. The lowest BCUT2D eigenvalue weighted by Gasteiger charge is -2.38. The maximum Gasteiger partial charge on any atom is 0.329 e. The molecule has 1 aromatic carbocycles. The van der Waals surface area contributed by atoms with E-state index in [-0.39, 0.29) is 5.91 Å². The van der Waals surface area contributed by atoms with Crippen LogP contribution in [0, 0.1) is 0 Å². The molecule has 1 saturated carbocycles. The fraction of sp³-hybridized carbons (Fsp3) is 0.429. The molecule has 0 radical (unpaired) electrons. The molecule has 2 rings (SSSR count). The SMILES string of the molecule is O=C(CCSc1ccccc1)NC1(C(=O)O)CCC1. The minimum absolute atomic E-state index is 0.175. The number of hydrogen-bond acceptors (Lipinski definition) is 3. The Morgan fingerprint density at radius 2 is 1.95 bits per heavy atom. The second kappa shape index (κ2) is 6.10. The summed E-state index contributed by atoms with van der Waals surface area (Å²) in [4.78, 5) is 24.0. The average Bonchev–Trinajstić information content (AvgIpc) is 2.34. The summed E-state index contributed by atoms with van der Waals surface area (Å²) in [5.41, 5.74) is -0.992. The number of nitrogens with one attached hydrogen (secondary N) is 1. The van der Waals surface area contributed by atoms with Gasteiger partial charge < -0.3 is 10.4 Å². The van der Waals surface area contributed by atoms with Crippen LogP contribution in [0.5, 0.6) is 0 Å². The lowest BCUT2D eigenvalue weighted by Crippen LogP contribution is -2.59. The van der Waals surface area contributed by atoms with Crippen LogP contribution in [0.15, 0.2) is 35.2 Å². The Bertz CT molecular complexity index is 457. The van der Waals surface area contributed by atoms with Gasteiger partial charge in [0.25, 0.3) is 0 Å². The van der Waals surface area contributed by atoms with E-state index in [0.29, 0.717) is 25.0 Å². The van der Waals surface area contributed by atoms with Gasteiger partial charge in [0.2, 0.25) is 5.91 Å². The predicted octanol–water partition coefficient (Wildman–Crippen LogP) is 2.29. The van der Waals surface area contributed by atoms with Crippen molar-refractivity contribution in [2.24, 2.45) is 0 Å². The molecule has 1 fully saturated rings. The summed E-state index contributed by atoms with van der Waals surface area (Å²) in [5, 5.41) is 11.8. The third-order valence-corrected chi connectivity index (χ3v) is 4.35. The van der Waals surface area contributed by atoms with Crippen molar-refractivity contribution in [1.82, 2.24) is 5.32 Å². The topological polar surface area (TPSA) is 66.4 Å². The Labute approximate surface area is 116 Å². The van der Waals surface area contributed by atoms with Gasteiger partial charge >= 0.3 is 5.97 Å². The molecule has 1 aromatic rings. The van der Waals surface area contributed by atoms with Crippen LogP contribution in [-0.2, 0) is 9.59 Å². The number of benzene rings is 1. The number of aliphatic carboxylic acids is 1. The predicted molar refractivity (Wildman–Crippen MR) is 74.1 cm³/mol. The Morgan fingerprint density at radius 3 is 2.47 bits per heavy atom. The van der Waals surface area contributed by atoms with Crippen molar-refractivity contribution in [2.45, 2.75) is 36.1 Å². The number of carbonyl (C=O) groups excluding carboxylic acids is 1. The van der Waals surface area contributed by atoms with Crippen molar-refractivity contribution in [3.8, 4) is 0 Å². The van der Waals surface area contributed by atoms with E-state index in [1.54, 1.807) is 11.8 Å². The van der Waals surface area contributed by atoms with Gasteiger partial charge in [-0.05, 0) is 31.4 Å². The zero-order chi connectivity index (χ0) is 13.7. The molecule has 0 bridgehead atoms. The summed E-state index contributed by atoms with van der Waals surface area (Å²) in [5.74, 6) is -0.431. The maximum absolute atomic E-state index is 11.8. The molecule has 5 heteroatoms. The standard InChI is InChI=1S/C14H17NO3S/c16-12(15-14(13(17)18)8-4-9-14)7-10-19-11-5-2-1-3-6-11/h1-3,5-6H,4,7-10H2,(H,15,16)(H,17,18). The number of carboxylic acids is 1. The minimum atomic E-state index is -0.992. The molecule has 0 unspecified atom stereocenters. The van der Waals surface area contributed by atoms with Gasteiger partial charge in [-0.2, -0.15) is 0 Å². The fourth-order valence-corrected chi connectivity index (χ4v) is 2.90. The second-order valence-corrected chi connectivity index (χ2v) is 5.87. The first-order valence-corrected chi connectivity index (χ1v) is 7.33. The average molecular weight is 279 g/mol. The van der Waals surface area contributed by atoms with Gasteiger partial charge in [0.1, 0.15) is 5.54 Å². The minimum Gasteiger partial charge on any atom is -0.480 e. The zero-order valence-corrected chi connectivity index (χ0v) is 11.4. The van der Waals surface area contributed by atoms with Crippen molar-refractivity contribution in [2.75, 3.05) is 5.75 Å². The summed E-state index contributed by atoms with van der Waals surface area (Å²) in [6.45, 7) is 0. The van der Waals surface area contributed by atoms with E-state index in [1.807, 2.05) is 30.3 Å². The number of amides is 1. The molecular weight excluding hydrogens is 262 g/mol. The van der Waals surface area contributed by atoms with E-state index in [9.17, 15) is 9.59 Å². The van der Waals surface area contributed by atoms with Crippen LogP contribution >= 0.6 is 11.8 Å². The van der Waals surface area contributed by atoms with Crippen molar-refractivity contribution in [3.63, 3.8) is 0 Å². The smallest absolute Gasteiger partial charge is 0.329 e. The molecule has 4 nitrogen and oxygen atoms in total. The summed E-state index contributed by atoms with van der Waals surface area (Å²) >= 11 is 1.60. The van der Waals surface area contributed by atoms with Gasteiger partial charge in [-0.1, -0.05) is 18.2 Å². The van der Waals surface area contributed by atoms with Gasteiger partial charge in [0.15, 0.2) is 0 Å². The summed E-state index contributed by atoms with van der Waals surface area (Å²) in [7, 11) is 0. The van der Waals surface area contributed by atoms with E-state index >= 15 is 0 Å². The van der Waals surface area contributed by atoms with Crippen LogP contribution in [-0.4, -0.2) is 28.3 Å². The fourth-order valence-electron chi connectivity index (χ4n) is 2.03. The van der Waals surface area contributed by atoms with Crippen LogP contribution in [0.25, 0.3) is 0 Å². The molecular formula is C14H17NO3S. The number of thioether (sulfide) groups is 1. The van der Waals surface area contributed by atoms with E-state index < -0.39 is 11.5 Å². The first-order chi connectivity index (χ1) is 9.12. The largest absolute Gasteiger partial charge is 0.480 e. The molecule has 0 aromatic heterocycles.